The van der Waals surface area contributed by atoms with Gasteiger partial charge >= 0.3 is 0 Å². The molecule has 0 unspecified atom stereocenters. The van der Waals surface area contributed by atoms with E-state index in [2.05, 4.69) is 31.8 Å². The Hall–Kier alpha value is -1.19. The van der Waals surface area contributed by atoms with Crippen LogP contribution in [0.3, 0.4) is 0 Å². The van der Waals surface area contributed by atoms with E-state index in [0.717, 1.165) is 28.1 Å². The number of thiazole rings is 1. The summed E-state index contributed by atoms with van der Waals surface area (Å²) in [6, 6.07) is 8.07. The average molecular weight is 273 g/mol. The van der Waals surface area contributed by atoms with Gasteiger partial charge in [0, 0.05) is 0 Å². The third-order valence-corrected chi connectivity index (χ3v) is 4.86. The van der Waals surface area contributed by atoms with Crippen LogP contribution in [0.15, 0.2) is 35.9 Å². The molecule has 0 spiro atoms. The molecule has 0 bridgehead atoms. The van der Waals surface area contributed by atoms with Crippen molar-refractivity contribution in [2.24, 2.45) is 5.41 Å². The summed E-state index contributed by atoms with van der Waals surface area (Å²) >= 11 is 1.60. The van der Waals surface area contributed by atoms with E-state index in [1.807, 2.05) is 24.3 Å². The minimum absolute atomic E-state index is 0.117. The summed E-state index contributed by atoms with van der Waals surface area (Å²) in [5.74, 6) is 0. The molecule has 1 aromatic heterocycles. The Balaban J connectivity index is 2.11. The first-order valence-electron chi connectivity index (χ1n) is 6.65. The Labute approximate surface area is 117 Å². The molecule has 1 heterocycles. The van der Waals surface area contributed by atoms with Gasteiger partial charge in [0.15, 0.2) is 0 Å². The van der Waals surface area contributed by atoms with Crippen molar-refractivity contribution >= 4 is 21.6 Å². The Bertz CT molecular complexity index is 623. The van der Waals surface area contributed by atoms with Crippen LogP contribution < -0.4 is 0 Å². The number of allylic oxidation sites excluding steroid dienone is 1. The number of aliphatic hydroxyl groups is 1. The van der Waals surface area contributed by atoms with Crippen molar-refractivity contribution in [3.8, 4) is 0 Å². The van der Waals surface area contributed by atoms with E-state index < -0.39 is 5.60 Å². The molecule has 1 aliphatic rings. The highest BCUT2D eigenvalue weighted by Gasteiger charge is 2.40. The third-order valence-electron chi connectivity index (χ3n) is 3.65. The van der Waals surface area contributed by atoms with Crippen LogP contribution in [-0.2, 0) is 5.60 Å². The highest BCUT2D eigenvalue weighted by molar-refractivity contribution is 7.18. The monoisotopic (exact) mass is 273 g/mol. The molecule has 0 aliphatic heterocycles. The molecule has 1 aromatic carbocycles. The summed E-state index contributed by atoms with van der Waals surface area (Å²) in [5, 5.41) is 11.8. The Morgan fingerprint density at radius 3 is 2.68 bits per heavy atom. The van der Waals surface area contributed by atoms with Crippen LogP contribution in [0.2, 0.25) is 0 Å². The lowest BCUT2D eigenvalue weighted by molar-refractivity contribution is 0.0277. The van der Waals surface area contributed by atoms with Crippen molar-refractivity contribution in [2.45, 2.75) is 39.2 Å². The van der Waals surface area contributed by atoms with Gasteiger partial charge in [-0.3, -0.25) is 0 Å². The van der Waals surface area contributed by atoms with E-state index in [1.165, 1.54) is 5.57 Å². The average Bonchev–Trinajstić information content (AvgIpc) is 2.69. The quantitative estimate of drug-likeness (QED) is 0.788. The van der Waals surface area contributed by atoms with Gasteiger partial charge in [-0.15, -0.1) is 11.3 Å². The second kappa shape index (κ2) is 4.15. The fraction of sp³-hybridized carbons (Fsp3) is 0.438. The topological polar surface area (TPSA) is 33.1 Å². The predicted octanol–water partition coefficient (Wildman–Crippen LogP) is 4.25. The zero-order chi connectivity index (χ0) is 13.7. The van der Waals surface area contributed by atoms with Crippen molar-refractivity contribution < 1.29 is 5.11 Å². The van der Waals surface area contributed by atoms with Gasteiger partial charge in [0.1, 0.15) is 10.6 Å². The van der Waals surface area contributed by atoms with Gasteiger partial charge < -0.3 is 5.11 Å². The number of hydrogen-bond acceptors (Lipinski definition) is 3. The maximum Gasteiger partial charge on any atom is 0.135 e. The minimum atomic E-state index is -0.907. The lowest BCUT2D eigenvalue weighted by atomic mass is 9.71. The molecule has 0 saturated heterocycles. The summed E-state index contributed by atoms with van der Waals surface area (Å²) in [4.78, 5) is 4.63. The maximum atomic E-state index is 11.0. The molecule has 19 heavy (non-hydrogen) atoms. The highest BCUT2D eigenvalue weighted by Crippen LogP contribution is 2.46. The third kappa shape index (κ3) is 2.33. The first-order valence-corrected chi connectivity index (χ1v) is 7.46. The largest absolute Gasteiger partial charge is 0.378 e. The van der Waals surface area contributed by atoms with Gasteiger partial charge in [0.2, 0.25) is 0 Å². The number of para-hydroxylation sites is 1. The molecule has 3 rings (SSSR count). The van der Waals surface area contributed by atoms with Crippen molar-refractivity contribution in [2.75, 3.05) is 0 Å². The number of rotatable bonds is 1. The maximum absolute atomic E-state index is 11.0. The van der Waals surface area contributed by atoms with Crippen LogP contribution in [0, 0.1) is 5.41 Å². The van der Waals surface area contributed by atoms with Crippen LogP contribution in [0.25, 0.3) is 10.2 Å². The van der Waals surface area contributed by atoms with Gasteiger partial charge in [-0.25, -0.2) is 4.98 Å². The van der Waals surface area contributed by atoms with Crippen molar-refractivity contribution in [3.05, 3.63) is 40.9 Å². The fourth-order valence-electron chi connectivity index (χ4n) is 3.25. The Morgan fingerprint density at radius 2 is 2.00 bits per heavy atom. The molecule has 3 heteroatoms. The lowest BCUT2D eigenvalue weighted by Crippen LogP contribution is -2.34. The molecule has 0 fully saturated rings. The van der Waals surface area contributed by atoms with Crippen molar-refractivity contribution in [1.82, 2.24) is 4.98 Å². The molecule has 100 valence electrons. The van der Waals surface area contributed by atoms with Crippen LogP contribution in [0.5, 0.6) is 0 Å². The molecule has 1 N–H and O–H groups in total. The Kier molecular flexibility index (Phi) is 2.80. The highest BCUT2D eigenvalue weighted by atomic mass is 32.1. The summed E-state index contributed by atoms with van der Waals surface area (Å²) in [6.45, 7) is 6.52. The number of benzene rings is 1. The first-order chi connectivity index (χ1) is 8.88. The van der Waals surface area contributed by atoms with Crippen LogP contribution in [-0.4, -0.2) is 10.1 Å². The van der Waals surface area contributed by atoms with Crippen LogP contribution >= 0.6 is 11.3 Å². The molecule has 0 saturated carbocycles. The van der Waals surface area contributed by atoms with Gasteiger partial charge in [-0.2, -0.15) is 0 Å². The standard InChI is InChI=1S/C16H19NOS/c1-11-8-15(2,3)10-16(18,9-11)14-17-12-6-4-5-7-13(12)19-14/h4-7,9,18H,8,10H2,1-3H3/t16-/m1/s1. The molecular weight excluding hydrogens is 254 g/mol. The number of nitrogens with zero attached hydrogens (tertiary/aromatic N) is 1. The zero-order valence-corrected chi connectivity index (χ0v) is 12.4. The van der Waals surface area contributed by atoms with E-state index in [1.54, 1.807) is 11.3 Å². The molecule has 1 atom stereocenters. The number of hydrogen-bond donors (Lipinski definition) is 1. The normalized spacial score (nSPS) is 26.4. The summed E-state index contributed by atoms with van der Waals surface area (Å²) < 4.78 is 1.14. The molecule has 2 aromatic rings. The molecule has 0 radical (unpaired) electrons. The smallest absolute Gasteiger partial charge is 0.135 e. The SMILES string of the molecule is CC1=C[C@](O)(c2nc3ccccc3s2)CC(C)(C)C1. The second-order valence-electron chi connectivity index (χ2n) is 6.42. The van der Waals surface area contributed by atoms with E-state index in [9.17, 15) is 5.11 Å². The predicted molar refractivity (Wildman–Crippen MR) is 80.3 cm³/mol. The van der Waals surface area contributed by atoms with Gasteiger partial charge in [0.05, 0.1) is 10.2 Å². The summed E-state index contributed by atoms with van der Waals surface area (Å²) in [5.41, 5.74) is 1.43. The molecule has 1 aliphatic carbocycles. The fourth-order valence-corrected chi connectivity index (χ4v) is 4.28. The molecule has 0 amide bonds. The van der Waals surface area contributed by atoms with Gasteiger partial charge in [-0.1, -0.05) is 31.6 Å². The molecule has 2 nitrogen and oxygen atoms in total. The number of aromatic nitrogens is 1. The second-order valence-corrected chi connectivity index (χ2v) is 7.45. The van der Waals surface area contributed by atoms with Crippen LogP contribution in [0.1, 0.15) is 38.6 Å². The van der Waals surface area contributed by atoms with Gasteiger partial charge in [0.25, 0.3) is 0 Å². The lowest BCUT2D eigenvalue weighted by Gasteiger charge is -2.38. The van der Waals surface area contributed by atoms with Crippen molar-refractivity contribution in [3.63, 3.8) is 0 Å². The molecular formula is C16H19NOS. The zero-order valence-electron chi connectivity index (χ0n) is 11.6. The van der Waals surface area contributed by atoms with E-state index in [4.69, 9.17) is 0 Å². The first kappa shape index (κ1) is 12.8. The van der Waals surface area contributed by atoms with Crippen LogP contribution in [0.4, 0.5) is 0 Å². The Morgan fingerprint density at radius 1 is 1.26 bits per heavy atom. The number of fused-ring (bicyclic) bond motifs is 1. The van der Waals surface area contributed by atoms with E-state index >= 15 is 0 Å². The van der Waals surface area contributed by atoms with E-state index in [-0.39, 0.29) is 5.41 Å². The van der Waals surface area contributed by atoms with Crippen molar-refractivity contribution in [1.29, 1.82) is 0 Å². The minimum Gasteiger partial charge on any atom is -0.378 e. The summed E-state index contributed by atoms with van der Waals surface area (Å²) in [7, 11) is 0. The van der Waals surface area contributed by atoms with E-state index in [0.29, 0.717) is 0 Å². The summed E-state index contributed by atoms with van der Waals surface area (Å²) in [6.07, 6.45) is 3.77. The van der Waals surface area contributed by atoms with Gasteiger partial charge in [-0.05, 0) is 43.4 Å².